The van der Waals surface area contributed by atoms with Crippen molar-refractivity contribution < 1.29 is 24.2 Å². The number of piperidine rings is 1. The van der Waals surface area contributed by atoms with Gasteiger partial charge >= 0.3 is 18.0 Å². The molecule has 20 heavy (non-hydrogen) atoms. The van der Waals surface area contributed by atoms with Gasteiger partial charge in [0.1, 0.15) is 0 Å². The number of ether oxygens (including phenoxy) is 1. The van der Waals surface area contributed by atoms with Crippen LogP contribution in [0.15, 0.2) is 0 Å². The zero-order valence-electron chi connectivity index (χ0n) is 12.0. The molecule has 0 bridgehead atoms. The van der Waals surface area contributed by atoms with Crippen LogP contribution in [0.1, 0.15) is 32.1 Å². The van der Waals surface area contributed by atoms with Gasteiger partial charge < -0.3 is 19.6 Å². The summed E-state index contributed by atoms with van der Waals surface area (Å²) in [5, 5.41) is 8.90. The molecular weight excluding hydrogens is 264 g/mol. The highest BCUT2D eigenvalue weighted by molar-refractivity contribution is 5.77. The van der Waals surface area contributed by atoms with E-state index in [2.05, 4.69) is 4.74 Å². The van der Waals surface area contributed by atoms with Crippen LogP contribution < -0.4 is 0 Å². The van der Waals surface area contributed by atoms with Crippen LogP contribution in [0.2, 0.25) is 0 Å². The maximum absolute atomic E-state index is 12.3. The first-order chi connectivity index (χ1) is 9.45. The molecule has 1 aliphatic heterocycles. The number of likely N-dealkylation sites (tertiary alicyclic amines) is 1. The number of urea groups is 1. The summed E-state index contributed by atoms with van der Waals surface area (Å²) in [6, 6.07) is -0.478. The molecule has 2 amide bonds. The minimum absolute atomic E-state index is 0.0312. The maximum Gasteiger partial charge on any atom is 0.320 e. The van der Waals surface area contributed by atoms with E-state index >= 15 is 0 Å². The van der Waals surface area contributed by atoms with Crippen molar-refractivity contribution in [2.24, 2.45) is 0 Å². The molecule has 1 fully saturated rings. The lowest BCUT2D eigenvalue weighted by atomic mass is 10.00. The number of aliphatic carboxylic acids is 1. The normalized spacial score (nSPS) is 18.5. The van der Waals surface area contributed by atoms with Gasteiger partial charge in [0.05, 0.1) is 20.0 Å². The van der Waals surface area contributed by atoms with Gasteiger partial charge in [-0.1, -0.05) is 0 Å². The Hall–Kier alpha value is -1.79. The molecule has 0 aromatic carbocycles. The molecular formula is C13H22N2O5. The van der Waals surface area contributed by atoms with Crippen LogP contribution in [0.4, 0.5) is 4.79 Å². The lowest BCUT2D eigenvalue weighted by Crippen LogP contribution is -2.50. The third kappa shape index (κ3) is 4.71. The highest BCUT2D eigenvalue weighted by Gasteiger charge is 2.30. The van der Waals surface area contributed by atoms with Gasteiger partial charge in [-0.05, 0) is 19.3 Å². The molecule has 0 aliphatic carbocycles. The van der Waals surface area contributed by atoms with Crippen molar-refractivity contribution in [1.29, 1.82) is 0 Å². The smallest absolute Gasteiger partial charge is 0.320 e. The number of hydrogen-bond acceptors (Lipinski definition) is 4. The second kappa shape index (κ2) is 7.72. The molecule has 0 radical (unpaired) electrons. The van der Waals surface area contributed by atoms with Crippen LogP contribution in [-0.2, 0) is 14.3 Å². The highest BCUT2D eigenvalue weighted by atomic mass is 16.5. The number of carbonyl (C=O) groups excluding carboxylic acids is 2. The number of carbonyl (C=O) groups is 3. The van der Waals surface area contributed by atoms with E-state index in [-0.39, 0.29) is 37.4 Å². The second-order valence-electron chi connectivity index (χ2n) is 4.97. The summed E-state index contributed by atoms with van der Waals surface area (Å²) in [4.78, 5) is 37.3. The number of amides is 2. The van der Waals surface area contributed by atoms with Gasteiger partial charge in [0.25, 0.3) is 0 Å². The minimum Gasteiger partial charge on any atom is -0.481 e. The van der Waals surface area contributed by atoms with Gasteiger partial charge in [0, 0.05) is 26.2 Å². The first-order valence-electron chi connectivity index (χ1n) is 6.76. The molecule has 114 valence electrons. The molecule has 1 saturated heterocycles. The number of hydrogen-bond donors (Lipinski definition) is 1. The van der Waals surface area contributed by atoms with E-state index in [0.29, 0.717) is 13.0 Å². The Bertz CT molecular complexity index is 372. The van der Waals surface area contributed by atoms with Crippen molar-refractivity contribution >= 4 is 18.0 Å². The van der Waals surface area contributed by atoms with Crippen molar-refractivity contribution in [3.8, 4) is 0 Å². The van der Waals surface area contributed by atoms with Gasteiger partial charge in [0.2, 0.25) is 0 Å². The van der Waals surface area contributed by atoms with Crippen LogP contribution in [-0.4, -0.2) is 66.2 Å². The second-order valence-corrected chi connectivity index (χ2v) is 4.97. The molecule has 1 aliphatic rings. The Balaban J connectivity index is 2.57. The molecule has 1 heterocycles. The quantitative estimate of drug-likeness (QED) is 0.760. The van der Waals surface area contributed by atoms with Crippen LogP contribution in [0.3, 0.4) is 0 Å². The fraction of sp³-hybridized carbons (Fsp3) is 0.769. The molecule has 7 heteroatoms. The predicted octanol–water partition coefficient (Wildman–Crippen LogP) is 0.930. The molecule has 0 aromatic heterocycles. The molecule has 0 saturated carbocycles. The van der Waals surface area contributed by atoms with E-state index in [0.717, 1.165) is 12.8 Å². The average molecular weight is 286 g/mol. The first kappa shape index (κ1) is 16.3. The largest absolute Gasteiger partial charge is 0.481 e. The molecule has 1 rings (SSSR count). The molecule has 7 nitrogen and oxygen atoms in total. The number of esters is 1. The third-order valence-corrected chi connectivity index (χ3v) is 3.49. The van der Waals surface area contributed by atoms with E-state index in [1.807, 2.05) is 0 Å². The minimum atomic E-state index is -0.896. The number of nitrogens with zero attached hydrogens (tertiary/aromatic N) is 2. The van der Waals surface area contributed by atoms with Gasteiger partial charge in [-0.3, -0.25) is 9.59 Å². The van der Waals surface area contributed by atoms with Crippen molar-refractivity contribution in [1.82, 2.24) is 9.80 Å². The maximum atomic E-state index is 12.3. The fourth-order valence-electron chi connectivity index (χ4n) is 2.34. The Morgan fingerprint density at radius 2 is 2.05 bits per heavy atom. The molecule has 0 aromatic rings. The number of carboxylic acids is 1. The lowest BCUT2D eigenvalue weighted by Gasteiger charge is -2.37. The first-order valence-corrected chi connectivity index (χ1v) is 6.76. The molecule has 1 atom stereocenters. The Morgan fingerprint density at radius 1 is 1.35 bits per heavy atom. The Kier molecular flexibility index (Phi) is 6.27. The standard InChI is InChI=1S/C13H22N2O5/c1-14(8-6-12(18)20-2)13(19)15-7-4-3-5-10(15)9-11(16)17/h10H,3-9H2,1-2H3,(H,16,17). The average Bonchev–Trinajstić information content (AvgIpc) is 2.43. The predicted molar refractivity (Wildman–Crippen MR) is 71.3 cm³/mol. The fourth-order valence-corrected chi connectivity index (χ4v) is 2.34. The van der Waals surface area contributed by atoms with Crippen molar-refractivity contribution in [3.05, 3.63) is 0 Å². The third-order valence-electron chi connectivity index (χ3n) is 3.49. The van der Waals surface area contributed by atoms with Gasteiger partial charge in [0.15, 0.2) is 0 Å². The van der Waals surface area contributed by atoms with Gasteiger partial charge in [-0.2, -0.15) is 0 Å². The van der Waals surface area contributed by atoms with E-state index in [9.17, 15) is 14.4 Å². The highest BCUT2D eigenvalue weighted by Crippen LogP contribution is 2.21. The summed E-state index contributed by atoms with van der Waals surface area (Å²) in [6.45, 7) is 0.834. The Labute approximate surface area is 118 Å². The van der Waals surface area contributed by atoms with E-state index in [4.69, 9.17) is 5.11 Å². The van der Waals surface area contributed by atoms with Gasteiger partial charge in [-0.25, -0.2) is 4.79 Å². The van der Waals surface area contributed by atoms with Crippen LogP contribution in [0.25, 0.3) is 0 Å². The van der Waals surface area contributed by atoms with Crippen LogP contribution in [0, 0.1) is 0 Å². The van der Waals surface area contributed by atoms with Crippen LogP contribution in [0.5, 0.6) is 0 Å². The zero-order chi connectivity index (χ0) is 15.1. The number of rotatable bonds is 5. The summed E-state index contributed by atoms with van der Waals surface area (Å²) in [5.41, 5.74) is 0. The SMILES string of the molecule is COC(=O)CCN(C)C(=O)N1CCCCC1CC(=O)O. The summed E-state index contributed by atoms with van der Waals surface area (Å²) >= 11 is 0. The summed E-state index contributed by atoms with van der Waals surface area (Å²) in [6.07, 6.45) is 2.63. The summed E-state index contributed by atoms with van der Waals surface area (Å²) < 4.78 is 4.53. The van der Waals surface area contributed by atoms with E-state index in [1.165, 1.54) is 12.0 Å². The van der Waals surface area contributed by atoms with Gasteiger partial charge in [-0.15, -0.1) is 0 Å². The van der Waals surface area contributed by atoms with Crippen LogP contribution >= 0.6 is 0 Å². The van der Waals surface area contributed by atoms with Crippen molar-refractivity contribution in [2.45, 2.75) is 38.1 Å². The monoisotopic (exact) mass is 286 g/mol. The van der Waals surface area contributed by atoms with Crippen molar-refractivity contribution in [2.75, 3.05) is 27.2 Å². The topological polar surface area (TPSA) is 87.2 Å². The Morgan fingerprint density at radius 3 is 2.65 bits per heavy atom. The number of methoxy groups -OCH3 is 1. The zero-order valence-corrected chi connectivity index (χ0v) is 12.0. The van der Waals surface area contributed by atoms with Crippen molar-refractivity contribution in [3.63, 3.8) is 0 Å². The summed E-state index contributed by atoms with van der Waals surface area (Å²) in [5.74, 6) is -1.27. The molecule has 1 N–H and O–H groups in total. The molecule has 0 spiro atoms. The van der Waals surface area contributed by atoms with E-state index in [1.54, 1.807) is 11.9 Å². The lowest BCUT2D eigenvalue weighted by molar-refractivity contribution is -0.140. The van der Waals surface area contributed by atoms with E-state index < -0.39 is 5.97 Å². The number of carboxylic acid groups (broad SMARTS) is 1. The molecule has 1 unspecified atom stereocenters. The summed E-state index contributed by atoms with van der Waals surface area (Å²) in [7, 11) is 2.91.